The van der Waals surface area contributed by atoms with E-state index in [4.69, 9.17) is 4.74 Å². The van der Waals surface area contributed by atoms with E-state index < -0.39 is 15.8 Å². The summed E-state index contributed by atoms with van der Waals surface area (Å²) in [5.41, 5.74) is 0.314. The molecule has 0 unspecified atom stereocenters. The third kappa shape index (κ3) is 3.45. The van der Waals surface area contributed by atoms with Gasteiger partial charge >= 0.3 is 0 Å². The van der Waals surface area contributed by atoms with Crippen LogP contribution in [0.1, 0.15) is 0 Å². The number of ether oxygens (including phenoxy) is 1. The van der Waals surface area contributed by atoms with Crippen LogP contribution in [0, 0.1) is 5.82 Å². The Morgan fingerprint density at radius 1 is 1.23 bits per heavy atom. The molecule has 0 aliphatic rings. The molecule has 118 valence electrons. The molecule has 0 amide bonds. The van der Waals surface area contributed by atoms with Crippen LogP contribution in [-0.4, -0.2) is 34.6 Å². The van der Waals surface area contributed by atoms with Crippen molar-refractivity contribution in [2.24, 2.45) is 0 Å². The molecule has 0 aliphatic carbocycles. The molecule has 22 heavy (non-hydrogen) atoms. The molecule has 1 heterocycles. The molecule has 0 bridgehead atoms. The van der Waals surface area contributed by atoms with Gasteiger partial charge in [-0.3, -0.25) is 4.72 Å². The summed E-state index contributed by atoms with van der Waals surface area (Å²) in [5, 5.41) is 0. The van der Waals surface area contributed by atoms with E-state index in [1.54, 1.807) is 17.0 Å². The summed E-state index contributed by atoms with van der Waals surface area (Å²) in [6, 6.07) is 6.62. The van der Waals surface area contributed by atoms with Crippen molar-refractivity contribution in [1.29, 1.82) is 0 Å². The van der Waals surface area contributed by atoms with E-state index in [1.165, 1.54) is 19.4 Å². The van der Waals surface area contributed by atoms with Crippen LogP contribution in [0.25, 0.3) is 0 Å². The van der Waals surface area contributed by atoms with Crippen molar-refractivity contribution in [1.82, 2.24) is 4.98 Å². The summed E-state index contributed by atoms with van der Waals surface area (Å²) in [4.78, 5) is 5.82. The van der Waals surface area contributed by atoms with Crippen molar-refractivity contribution >= 4 is 21.5 Å². The van der Waals surface area contributed by atoms with Crippen molar-refractivity contribution in [3.05, 3.63) is 42.3 Å². The normalized spacial score (nSPS) is 11.1. The van der Waals surface area contributed by atoms with Crippen LogP contribution in [0.15, 0.2) is 41.4 Å². The van der Waals surface area contributed by atoms with Gasteiger partial charge in [0.05, 0.1) is 23.9 Å². The van der Waals surface area contributed by atoms with Crippen LogP contribution in [-0.2, 0) is 10.0 Å². The van der Waals surface area contributed by atoms with Crippen molar-refractivity contribution in [3.8, 4) is 5.75 Å². The first kappa shape index (κ1) is 16.0. The van der Waals surface area contributed by atoms with Gasteiger partial charge < -0.3 is 9.64 Å². The number of benzene rings is 1. The SMILES string of the molecule is COc1cc(S(=O)(=O)Nc2ccc(N(C)C)nc2)ccc1F. The predicted octanol–water partition coefficient (Wildman–Crippen LogP) is 2.10. The summed E-state index contributed by atoms with van der Waals surface area (Å²) in [6.07, 6.45) is 1.41. The topological polar surface area (TPSA) is 71.5 Å². The average Bonchev–Trinajstić information content (AvgIpc) is 2.47. The predicted molar refractivity (Wildman–Crippen MR) is 82.3 cm³/mol. The fourth-order valence-corrected chi connectivity index (χ4v) is 2.79. The molecular formula is C14H16FN3O3S. The molecule has 0 saturated carbocycles. The van der Waals surface area contributed by atoms with Gasteiger partial charge in [0, 0.05) is 20.2 Å². The first-order valence-corrected chi connectivity index (χ1v) is 7.81. The quantitative estimate of drug-likeness (QED) is 0.911. The molecule has 6 nitrogen and oxygen atoms in total. The van der Waals surface area contributed by atoms with Gasteiger partial charge in [-0.1, -0.05) is 0 Å². The van der Waals surface area contributed by atoms with Gasteiger partial charge in [0.25, 0.3) is 10.0 Å². The number of nitrogens with one attached hydrogen (secondary N) is 1. The smallest absolute Gasteiger partial charge is 0.262 e. The summed E-state index contributed by atoms with van der Waals surface area (Å²) in [7, 11) is 1.08. The standard InChI is InChI=1S/C14H16FN3O3S/c1-18(2)14-7-4-10(9-16-14)17-22(19,20)11-5-6-12(15)13(8-11)21-3/h4-9,17H,1-3H3. The number of hydrogen-bond donors (Lipinski definition) is 1. The number of aromatic nitrogens is 1. The maximum absolute atomic E-state index is 13.4. The number of nitrogens with zero attached hydrogens (tertiary/aromatic N) is 2. The lowest BCUT2D eigenvalue weighted by Gasteiger charge is -2.12. The van der Waals surface area contributed by atoms with E-state index in [0.717, 1.165) is 12.1 Å². The summed E-state index contributed by atoms with van der Waals surface area (Å²) in [5.74, 6) is -0.0613. The zero-order valence-electron chi connectivity index (χ0n) is 12.4. The lowest BCUT2D eigenvalue weighted by atomic mass is 10.3. The fraction of sp³-hybridized carbons (Fsp3) is 0.214. The number of pyridine rings is 1. The van der Waals surface area contributed by atoms with Crippen LogP contribution in [0.2, 0.25) is 0 Å². The van der Waals surface area contributed by atoms with E-state index in [0.29, 0.717) is 11.5 Å². The van der Waals surface area contributed by atoms with E-state index in [-0.39, 0.29) is 10.6 Å². The molecule has 0 saturated heterocycles. The number of hydrogen-bond acceptors (Lipinski definition) is 5. The number of methoxy groups -OCH3 is 1. The molecule has 1 aromatic heterocycles. The second-order valence-corrected chi connectivity index (χ2v) is 6.38. The van der Waals surface area contributed by atoms with Crippen LogP contribution in [0.4, 0.5) is 15.9 Å². The van der Waals surface area contributed by atoms with Gasteiger partial charge in [-0.05, 0) is 24.3 Å². The molecule has 0 spiro atoms. The summed E-state index contributed by atoms with van der Waals surface area (Å²) in [6.45, 7) is 0. The van der Waals surface area contributed by atoms with Gasteiger partial charge in [0.15, 0.2) is 11.6 Å². The zero-order chi connectivity index (χ0) is 16.3. The van der Waals surface area contributed by atoms with Gasteiger partial charge in [0.2, 0.25) is 0 Å². The van der Waals surface area contributed by atoms with Crippen molar-refractivity contribution < 1.29 is 17.5 Å². The van der Waals surface area contributed by atoms with Crippen LogP contribution < -0.4 is 14.4 Å². The third-order valence-electron chi connectivity index (χ3n) is 2.89. The zero-order valence-corrected chi connectivity index (χ0v) is 13.2. The monoisotopic (exact) mass is 325 g/mol. The fourth-order valence-electron chi connectivity index (χ4n) is 1.73. The van der Waals surface area contributed by atoms with Crippen LogP contribution in [0.5, 0.6) is 5.75 Å². The Hall–Kier alpha value is -2.35. The average molecular weight is 325 g/mol. The van der Waals surface area contributed by atoms with Crippen LogP contribution in [0.3, 0.4) is 0 Å². The largest absolute Gasteiger partial charge is 0.494 e. The lowest BCUT2D eigenvalue weighted by molar-refractivity contribution is 0.385. The van der Waals surface area contributed by atoms with E-state index in [1.807, 2.05) is 14.1 Å². The Kier molecular flexibility index (Phi) is 4.51. The second kappa shape index (κ2) is 6.18. The molecule has 0 atom stereocenters. The maximum Gasteiger partial charge on any atom is 0.262 e. The first-order valence-electron chi connectivity index (χ1n) is 6.33. The number of halogens is 1. The minimum atomic E-state index is -3.85. The van der Waals surface area contributed by atoms with Crippen LogP contribution >= 0.6 is 0 Å². The summed E-state index contributed by atoms with van der Waals surface area (Å²) >= 11 is 0. The molecule has 1 aromatic carbocycles. The molecule has 1 N–H and O–H groups in total. The Bertz CT molecular complexity index is 761. The molecule has 0 fully saturated rings. The second-order valence-electron chi connectivity index (χ2n) is 4.70. The molecule has 0 aliphatic heterocycles. The molecule has 2 rings (SSSR count). The van der Waals surface area contributed by atoms with Gasteiger partial charge in [0.1, 0.15) is 5.82 Å². The minimum Gasteiger partial charge on any atom is -0.494 e. The highest BCUT2D eigenvalue weighted by molar-refractivity contribution is 7.92. The Labute approximate surface area is 128 Å². The molecule has 8 heteroatoms. The first-order chi connectivity index (χ1) is 10.3. The van der Waals surface area contributed by atoms with E-state index in [2.05, 4.69) is 9.71 Å². The van der Waals surface area contributed by atoms with Gasteiger partial charge in [-0.15, -0.1) is 0 Å². The number of sulfonamides is 1. The molecule has 2 aromatic rings. The lowest BCUT2D eigenvalue weighted by Crippen LogP contribution is -2.14. The summed E-state index contributed by atoms with van der Waals surface area (Å²) < 4.78 is 45.1. The molecule has 0 radical (unpaired) electrons. The maximum atomic E-state index is 13.4. The highest BCUT2D eigenvalue weighted by atomic mass is 32.2. The Balaban J connectivity index is 2.27. The highest BCUT2D eigenvalue weighted by Gasteiger charge is 2.17. The van der Waals surface area contributed by atoms with Crippen molar-refractivity contribution in [3.63, 3.8) is 0 Å². The van der Waals surface area contributed by atoms with E-state index >= 15 is 0 Å². The highest BCUT2D eigenvalue weighted by Crippen LogP contribution is 2.23. The van der Waals surface area contributed by atoms with Gasteiger partial charge in [-0.2, -0.15) is 0 Å². The number of rotatable bonds is 5. The third-order valence-corrected chi connectivity index (χ3v) is 4.27. The van der Waals surface area contributed by atoms with Crippen molar-refractivity contribution in [2.45, 2.75) is 4.90 Å². The van der Waals surface area contributed by atoms with Gasteiger partial charge in [-0.25, -0.2) is 17.8 Å². The van der Waals surface area contributed by atoms with E-state index in [9.17, 15) is 12.8 Å². The molecular weight excluding hydrogens is 309 g/mol. The minimum absolute atomic E-state index is 0.0950. The Morgan fingerprint density at radius 2 is 1.95 bits per heavy atom. The number of anilines is 2. The van der Waals surface area contributed by atoms with Crippen molar-refractivity contribution in [2.75, 3.05) is 30.8 Å². The Morgan fingerprint density at radius 3 is 2.50 bits per heavy atom.